The number of anilines is 1. The van der Waals surface area contributed by atoms with Gasteiger partial charge in [0.15, 0.2) is 5.65 Å². The van der Waals surface area contributed by atoms with E-state index in [1.54, 1.807) is 12.4 Å². The van der Waals surface area contributed by atoms with Crippen molar-refractivity contribution in [3.63, 3.8) is 0 Å². The summed E-state index contributed by atoms with van der Waals surface area (Å²) in [7, 11) is 0. The highest BCUT2D eigenvalue weighted by molar-refractivity contribution is 7.98. The zero-order chi connectivity index (χ0) is 22.8. The summed E-state index contributed by atoms with van der Waals surface area (Å²) in [5.41, 5.74) is 4.96. The zero-order valence-corrected chi connectivity index (χ0v) is 19.5. The van der Waals surface area contributed by atoms with Gasteiger partial charge in [-0.25, -0.2) is 18.9 Å². The van der Waals surface area contributed by atoms with Crippen LogP contribution in [0.25, 0.3) is 5.65 Å². The lowest BCUT2D eigenvalue weighted by Crippen LogP contribution is -2.28. The average molecular weight is 468 g/mol. The highest BCUT2D eigenvalue weighted by atomic mass is 35.5. The van der Waals surface area contributed by atoms with Gasteiger partial charge in [-0.15, -0.1) is 5.10 Å². The van der Waals surface area contributed by atoms with Gasteiger partial charge in [-0.3, -0.25) is 4.79 Å². The van der Waals surface area contributed by atoms with E-state index in [0.717, 1.165) is 32.6 Å². The summed E-state index contributed by atoms with van der Waals surface area (Å²) < 4.78 is 2.57. The van der Waals surface area contributed by atoms with E-state index >= 15 is 0 Å². The molecule has 0 radical (unpaired) electrons. The van der Waals surface area contributed by atoms with Crippen LogP contribution in [0.3, 0.4) is 0 Å². The van der Waals surface area contributed by atoms with E-state index in [1.807, 2.05) is 57.2 Å². The van der Waals surface area contributed by atoms with Crippen molar-refractivity contribution >= 4 is 40.6 Å². The molecule has 1 N–H and O–H groups in total. The standard InChI is InChI=1S/C23H22ClN5O2S/c1-14-10-15(2)20(16(3)11-14)26-19(30)12-29-23(31)28-9-8-25-22(21(28)27-29)32-13-17-4-6-18(24)7-5-17/h4-11H,12-13H2,1-3H3,(H,26,30). The molecule has 0 aliphatic rings. The maximum atomic E-state index is 12.8. The number of aryl methyl sites for hydroxylation is 3. The van der Waals surface area contributed by atoms with Crippen molar-refractivity contribution < 1.29 is 4.79 Å². The number of thioether (sulfide) groups is 1. The highest BCUT2D eigenvalue weighted by Gasteiger charge is 2.16. The van der Waals surface area contributed by atoms with E-state index in [1.165, 1.54) is 16.2 Å². The van der Waals surface area contributed by atoms with Crippen molar-refractivity contribution in [1.29, 1.82) is 0 Å². The van der Waals surface area contributed by atoms with E-state index in [9.17, 15) is 9.59 Å². The Morgan fingerprint density at radius 3 is 2.50 bits per heavy atom. The minimum atomic E-state index is -0.386. The minimum absolute atomic E-state index is 0.186. The van der Waals surface area contributed by atoms with Gasteiger partial charge in [-0.05, 0) is 49.6 Å². The number of amides is 1. The maximum Gasteiger partial charge on any atom is 0.350 e. The van der Waals surface area contributed by atoms with Crippen LogP contribution in [0, 0.1) is 20.8 Å². The molecule has 7 nitrogen and oxygen atoms in total. The summed E-state index contributed by atoms with van der Waals surface area (Å²) >= 11 is 7.41. The van der Waals surface area contributed by atoms with Gasteiger partial charge in [0.2, 0.25) is 5.91 Å². The SMILES string of the molecule is Cc1cc(C)c(NC(=O)Cn2nc3c(SCc4ccc(Cl)cc4)nccn3c2=O)c(C)c1. The lowest BCUT2D eigenvalue weighted by molar-refractivity contribution is -0.117. The number of nitrogens with zero attached hydrogens (tertiary/aromatic N) is 4. The van der Waals surface area contributed by atoms with E-state index < -0.39 is 0 Å². The van der Waals surface area contributed by atoms with Crippen LogP contribution in [-0.4, -0.2) is 25.1 Å². The number of rotatable bonds is 6. The summed E-state index contributed by atoms with van der Waals surface area (Å²) in [5.74, 6) is 0.339. The molecular weight excluding hydrogens is 446 g/mol. The molecule has 32 heavy (non-hydrogen) atoms. The normalized spacial score (nSPS) is 11.1. The molecule has 0 saturated carbocycles. The molecule has 0 atom stereocenters. The topological polar surface area (TPSA) is 81.3 Å². The summed E-state index contributed by atoms with van der Waals surface area (Å²) in [6.07, 6.45) is 3.11. The maximum absolute atomic E-state index is 12.8. The first-order chi connectivity index (χ1) is 15.3. The number of carbonyl (C=O) groups excluding carboxylic acids is 1. The zero-order valence-electron chi connectivity index (χ0n) is 17.9. The number of hydrogen-bond donors (Lipinski definition) is 1. The van der Waals surface area contributed by atoms with Crippen molar-refractivity contribution in [2.24, 2.45) is 0 Å². The molecule has 2 aromatic carbocycles. The molecule has 164 valence electrons. The smallest absolute Gasteiger partial charge is 0.324 e. The first-order valence-electron chi connectivity index (χ1n) is 10.0. The Balaban J connectivity index is 1.54. The molecule has 0 aliphatic heterocycles. The van der Waals surface area contributed by atoms with Crippen LogP contribution < -0.4 is 11.0 Å². The van der Waals surface area contributed by atoms with Gasteiger partial charge in [0.1, 0.15) is 11.6 Å². The molecule has 0 spiro atoms. The van der Waals surface area contributed by atoms with Gasteiger partial charge < -0.3 is 5.32 Å². The van der Waals surface area contributed by atoms with Gasteiger partial charge in [0.05, 0.1) is 0 Å². The number of aromatic nitrogens is 4. The number of hydrogen-bond acceptors (Lipinski definition) is 5. The summed E-state index contributed by atoms with van der Waals surface area (Å²) in [6, 6.07) is 11.6. The molecule has 0 bridgehead atoms. The fourth-order valence-electron chi connectivity index (χ4n) is 3.56. The van der Waals surface area contributed by atoms with E-state index in [4.69, 9.17) is 11.6 Å². The first kappa shape index (κ1) is 22.1. The van der Waals surface area contributed by atoms with Crippen LogP contribution in [-0.2, 0) is 17.1 Å². The second-order valence-corrected chi connectivity index (χ2v) is 9.00. The Morgan fingerprint density at radius 1 is 1.12 bits per heavy atom. The molecule has 0 fully saturated rings. The van der Waals surface area contributed by atoms with Crippen molar-refractivity contribution in [2.45, 2.75) is 38.1 Å². The lowest BCUT2D eigenvalue weighted by Gasteiger charge is -2.12. The minimum Gasteiger partial charge on any atom is -0.324 e. The number of nitrogens with one attached hydrogen (secondary N) is 1. The Hall–Kier alpha value is -3.10. The van der Waals surface area contributed by atoms with E-state index in [-0.39, 0.29) is 18.1 Å². The molecule has 9 heteroatoms. The Bertz CT molecular complexity index is 1340. The van der Waals surface area contributed by atoms with Crippen molar-refractivity contribution in [3.8, 4) is 0 Å². The largest absolute Gasteiger partial charge is 0.350 e. The monoisotopic (exact) mass is 467 g/mol. The molecule has 0 unspecified atom stereocenters. The molecule has 1 amide bonds. The van der Waals surface area contributed by atoms with Crippen molar-refractivity contribution in [3.05, 3.63) is 86.6 Å². The number of carbonyl (C=O) groups is 1. The second-order valence-electron chi connectivity index (χ2n) is 7.60. The Kier molecular flexibility index (Phi) is 6.34. The third kappa shape index (κ3) is 4.71. The molecular formula is C23H22ClN5O2S. The van der Waals surface area contributed by atoms with Crippen molar-refractivity contribution in [2.75, 3.05) is 5.32 Å². The van der Waals surface area contributed by atoms with Crippen LogP contribution in [0.15, 0.2) is 58.6 Å². The molecule has 0 saturated heterocycles. The third-order valence-electron chi connectivity index (χ3n) is 4.99. The van der Waals surface area contributed by atoms with Crippen LogP contribution >= 0.6 is 23.4 Å². The number of benzene rings is 2. The molecule has 4 rings (SSSR count). The van der Waals surface area contributed by atoms with Crippen LogP contribution in [0.5, 0.6) is 0 Å². The third-order valence-corrected chi connectivity index (χ3v) is 6.28. The van der Waals surface area contributed by atoms with Gasteiger partial charge in [-0.2, -0.15) is 0 Å². The van der Waals surface area contributed by atoms with E-state index in [2.05, 4.69) is 15.4 Å². The van der Waals surface area contributed by atoms with Crippen LogP contribution in [0.2, 0.25) is 5.02 Å². The van der Waals surface area contributed by atoms with Crippen LogP contribution in [0.1, 0.15) is 22.3 Å². The fraction of sp³-hybridized carbons (Fsp3) is 0.217. The first-order valence-corrected chi connectivity index (χ1v) is 11.4. The van der Waals surface area contributed by atoms with E-state index in [0.29, 0.717) is 21.4 Å². The predicted molar refractivity (Wildman–Crippen MR) is 128 cm³/mol. The lowest BCUT2D eigenvalue weighted by atomic mass is 10.1. The van der Waals surface area contributed by atoms with Gasteiger partial charge in [0.25, 0.3) is 0 Å². The predicted octanol–water partition coefficient (Wildman–Crippen LogP) is 4.40. The molecule has 0 aliphatic carbocycles. The van der Waals surface area contributed by atoms with Gasteiger partial charge >= 0.3 is 5.69 Å². The number of fused-ring (bicyclic) bond motifs is 1. The summed E-state index contributed by atoms with van der Waals surface area (Å²) in [6.45, 7) is 5.72. The molecule has 2 heterocycles. The Morgan fingerprint density at radius 2 is 1.81 bits per heavy atom. The van der Waals surface area contributed by atoms with Crippen molar-refractivity contribution in [1.82, 2.24) is 19.2 Å². The van der Waals surface area contributed by atoms with Gasteiger partial charge in [0, 0.05) is 28.9 Å². The van der Waals surface area contributed by atoms with Gasteiger partial charge in [-0.1, -0.05) is 53.2 Å². The second kappa shape index (κ2) is 9.18. The highest BCUT2D eigenvalue weighted by Crippen LogP contribution is 2.24. The fourth-order valence-corrected chi connectivity index (χ4v) is 4.58. The Labute approximate surface area is 194 Å². The summed E-state index contributed by atoms with van der Waals surface area (Å²) in [5, 5.41) is 8.59. The number of halogens is 1. The molecule has 4 aromatic rings. The van der Waals surface area contributed by atoms with Crippen LogP contribution in [0.4, 0.5) is 5.69 Å². The quantitative estimate of drug-likeness (QED) is 0.425. The summed E-state index contributed by atoms with van der Waals surface area (Å²) in [4.78, 5) is 29.8. The average Bonchev–Trinajstić information content (AvgIpc) is 3.06. The molecule has 2 aromatic heterocycles.